The molecule has 0 spiro atoms. The maximum atomic E-state index is 6.17. The summed E-state index contributed by atoms with van der Waals surface area (Å²) >= 11 is 0. The lowest BCUT2D eigenvalue weighted by atomic mass is 9.69. The lowest BCUT2D eigenvalue weighted by Gasteiger charge is -2.51. The van der Waals surface area contributed by atoms with E-state index in [-0.39, 0.29) is 5.54 Å². The number of para-hydroxylation sites is 1. The highest BCUT2D eigenvalue weighted by atomic mass is 15.2. The molecular weight excluding hydrogens is 220 g/mol. The molecule has 1 aromatic rings. The predicted molar refractivity (Wildman–Crippen MR) is 78.8 cm³/mol. The molecule has 1 fully saturated rings. The van der Waals surface area contributed by atoms with E-state index in [2.05, 4.69) is 56.1 Å². The van der Waals surface area contributed by atoms with Gasteiger partial charge in [0.15, 0.2) is 0 Å². The molecule has 1 aliphatic rings. The first kappa shape index (κ1) is 13.4. The summed E-state index contributed by atoms with van der Waals surface area (Å²) in [5.74, 6) is 1.49. The van der Waals surface area contributed by atoms with Crippen molar-refractivity contribution in [1.29, 1.82) is 0 Å². The van der Waals surface area contributed by atoms with Gasteiger partial charge in [-0.25, -0.2) is 0 Å². The highest BCUT2D eigenvalue weighted by Gasteiger charge is 2.42. The second kappa shape index (κ2) is 5.31. The molecule has 18 heavy (non-hydrogen) atoms. The van der Waals surface area contributed by atoms with E-state index in [1.54, 1.807) is 0 Å². The Kier molecular flexibility index (Phi) is 3.96. The van der Waals surface area contributed by atoms with Gasteiger partial charge in [0.05, 0.1) is 5.54 Å². The molecule has 0 aliphatic heterocycles. The molecule has 0 saturated heterocycles. The molecule has 2 rings (SSSR count). The van der Waals surface area contributed by atoms with Crippen LogP contribution in [0.5, 0.6) is 0 Å². The van der Waals surface area contributed by atoms with E-state index in [1.165, 1.54) is 24.9 Å². The van der Waals surface area contributed by atoms with E-state index in [0.717, 1.165) is 12.5 Å². The lowest BCUT2D eigenvalue weighted by Crippen LogP contribution is -2.59. The maximum Gasteiger partial charge on any atom is 0.0546 e. The van der Waals surface area contributed by atoms with Crippen LogP contribution in [0.1, 0.15) is 33.1 Å². The first-order chi connectivity index (χ1) is 8.60. The Balaban J connectivity index is 2.27. The van der Waals surface area contributed by atoms with Gasteiger partial charge in [0.2, 0.25) is 0 Å². The van der Waals surface area contributed by atoms with Crippen molar-refractivity contribution in [2.75, 3.05) is 18.5 Å². The zero-order chi connectivity index (χ0) is 13.2. The molecule has 1 saturated carbocycles. The van der Waals surface area contributed by atoms with Crippen LogP contribution in [-0.2, 0) is 0 Å². The predicted octanol–water partition coefficient (Wildman–Crippen LogP) is 3.28. The fourth-order valence-electron chi connectivity index (χ4n) is 3.53. The quantitative estimate of drug-likeness (QED) is 0.887. The van der Waals surface area contributed by atoms with Crippen LogP contribution >= 0.6 is 0 Å². The Morgan fingerprint density at radius 2 is 1.94 bits per heavy atom. The zero-order valence-corrected chi connectivity index (χ0v) is 11.9. The average molecular weight is 246 g/mol. The standard InChI is InChI=1S/C16H26N2/c1-13-9-10-16(12-17,14(2)11-13)18(3)15-7-5-4-6-8-15/h4-8,13-14H,9-12,17H2,1-3H3. The second-order valence-corrected chi connectivity index (χ2v) is 5.98. The summed E-state index contributed by atoms with van der Waals surface area (Å²) in [5, 5.41) is 0. The summed E-state index contributed by atoms with van der Waals surface area (Å²) in [4.78, 5) is 2.42. The van der Waals surface area contributed by atoms with Crippen LogP contribution in [0.2, 0.25) is 0 Å². The Bertz CT molecular complexity index is 376. The van der Waals surface area contributed by atoms with E-state index in [4.69, 9.17) is 5.73 Å². The van der Waals surface area contributed by atoms with Gasteiger partial charge in [-0.1, -0.05) is 32.0 Å². The molecule has 100 valence electrons. The van der Waals surface area contributed by atoms with Crippen LogP contribution in [0.25, 0.3) is 0 Å². The van der Waals surface area contributed by atoms with Crippen LogP contribution in [0.15, 0.2) is 30.3 Å². The zero-order valence-electron chi connectivity index (χ0n) is 11.9. The fraction of sp³-hybridized carbons (Fsp3) is 0.625. The molecule has 0 amide bonds. The smallest absolute Gasteiger partial charge is 0.0546 e. The molecule has 2 N–H and O–H groups in total. The number of nitrogens with two attached hydrogens (primary N) is 1. The molecule has 3 atom stereocenters. The fourth-order valence-corrected chi connectivity index (χ4v) is 3.53. The van der Waals surface area contributed by atoms with Crippen LogP contribution in [0.3, 0.4) is 0 Å². The number of hydrogen-bond donors (Lipinski definition) is 1. The third kappa shape index (κ3) is 2.26. The SMILES string of the molecule is CC1CCC(CN)(N(C)c2ccccc2)C(C)C1. The molecule has 0 heterocycles. The van der Waals surface area contributed by atoms with Gasteiger partial charge < -0.3 is 10.6 Å². The molecule has 0 bridgehead atoms. The van der Waals surface area contributed by atoms with Crippen molar-refractivity contribution in [3.63, 3.8) is 0 Å². The van der Waals surface area contributed by atoms with Gasteiger partial charge in [-0.05, 0) is 43.2 Å². The van der Waals surface area contributed by atoms with Crippen molar-refractivity contribution in [2.24, 2.45) is 17.6 Å². The summed E-state index contributed by atoms with van der Waals surface area (Å²) in [5.41, 5.74) is 7.59. The van der Waals surface area contributed by atoms with Gasteiger partial charge in [0.25, 0.3) is 0 Å². The van der Waals surface area contributed by atoms with Crippen molar-refractivity contribution < 1.29 is 0 Å². The molecule has 1 aliphatic carbocycles. The van der Waals surface area contributed by atoms with Crippen LogP contribution in [0.4, 0.5) is 5.69 Å². The molecule has 2 heteroatoms. The summed E-state index contributed by atoms with van der Waals surface area (Å²) < 4.78 is 0. The molecule has 2 nitrogen and oxygen atoms in total. The third-order valence-corrected chi connectivity index (χ3v) is 4.91. The topological polar surface area (TPSA) is 29.3 Å². The number of nitrogens with zero attached hydrogens (tertiary/aromatic N) is 1. The minimum absolute atomic E-state index is 0.133. The monoisotopic (exact) mass is 246 g/mol. The Morgan fingerprint density at radius 1 is 1.28 bits per heavy atom. The van der Waals surface area contributed by atoms with E-state index in [0.29, 0.717) is 5.92 Å². The number of anilines is 1. The van der Waals surface area contributed by atoms with Crippen molar-refractivity contribution in [2.45, 2.75) is 38.6 Å². The summed E-state index contributed by atoms with van der Waals surface area (Å²) in [6.45, 7) is 5.47. The van der Waals surface area contributed by atoms with Gasteiger partial charge in [0, 0.05) is 19.3 Å². The highest BCUT2D eigenvalue weighted by molar-refractivity contribution is 5.48. The van der Waals surface area contributed by atoms with Crippen molar-refractivity contribution >= 4 is 5.69 Å². The Hall–Kier alpha value is -1.02. The van der Waals surface area contributed by atoms with Gasteiger partial charge in [-0.2, -0.15) is 0 Å². The number of benzene rings is 1. The second-order valence-electron chi connectivity index (χ2n) is 5.98. The Labute approximate surface area is 111 Å². The van der Waals surface area contributed by atoms with Crippen LogP contribution < -0.4 is 10.6 Å². The largest absolute Gasteiger partial charge is 0.367 e. The minimum Gasteiger partial charge on any atom is -0.367 e. The van der Waals surface area contributed by atoms with Gasteiger partial charge >= 0.3 is 0 Å². The van der Waals surface area contributed by atoms with Crippen molar-refractivity contribution in [3.05, 3.63) is 30.3 Å². The minimum atomic E-state index is 0.133. The summed E-state index contributed by atoms with van der Waals surface area (Å²) in [7, 11) is 2.20. The number of hydrogen-bond acceptors (Lipinski definition) is 2. The van der Waals surface area contributed by atoms with Crippen LogP contribution in [0, 0.1) is 11.8 Å². The first-order valence-corrected chi connectivity index (χ1v) is 7.09. The summed E-state index contributed by atoms with van der Waals surface area (Å²) in [6.07, 6.45) is 3.78. The first-order valence-electron chi connectivity index (χ1n) is 7.09. The highest BCUT2D eigenvalue weighted by Crippen LogP contribution is 2.41. The van der Waals surface area contributed by atoms with Crippen LogP contribution in [-0.4, -0.2) is 19.1 Å². The van der Waals surface area contributed by atoms with E-state index < -0.39 is 0 Å². The number of likely N-dealkylation sites (N-methyl/N-ethyl adjacent to an activating group) is 1. The third-order valence-electron chi connectivity index (χ3n) is 4.91. The average Bonchev–Trinajstić information content (AvgIpc) is 2.40. The molecule has 1 aromatic carbocycles. The van der Waals surface area contributed by atoms with Gasteiger partial charge in [-0.15, -0.1) is 0 Å². The van der Waals surface area contributed by atoms with Crippen molar-refractivity contribution in [1.82, 2.24) is 0 Å². The van der Waals surface area contributed by atoms with Gasteiger partial charge in [0.1, 0.15) is 0 Å². The molecular formula is C16H26N2. The van der Waals surface area contributed by atoms with E-state index >= 15 is 0 Å². The normalized spacial score (nSPS) is 32.2. The molecule has 0 radical (unpaired) electrons. The summed E-state index contributed by atoms with van der Waals surface area (Å²) in [6, 6.07) is 10.6. The van der Waals surface area contributed by atoms with Gasteiger partial charge in [-0.3, -0.25) is 0 Å². The van der Waals surface area contributed by atoms with Crippen molar-refractivity contribution in [3.8, 4) is 0 Å². The molecule has 0 aromatic heterocycles. The molecule has 3 unspecified atom stereocenters. The number of rotatable bonds is 3. The maximum absolute atomic E-state index is 6.17. The van der Waals surface area contributed by atoms with E-state index in [1.807, 2.05) is 0 Å². The Morgan fingerprint density at radius 3 is 2.50 bits per heavy atom. The van der Waals surface area contributed by atoms with E-state index in [9.17, 15) is 0 Å². The lowest BCUT2D eigenvalue weighted by molar-refractivity contribution is 0.164.